The van der Waals surface area contributed by atoms with Crippen molar-refractivity contribution in [1.82, 2.24) is 10.2 Å². The Morgan fingerprint density at radius 1 is 1.07 bits per heavy atom. The van der Waals surface area contributed by atoms with Gasteiger partial charge in [0.05, 0.1) is 19.2 Å². The van der Waals surface area contributed by atoms with E-state index >= 15 is 0 Å². The quantitative estimate of drug-likeness (QED) is 0.642. The number of anilines is 1. The predicted octanol–water partition coefficient (Wildman–Crippen LogP) is 3.89. The molecule has 9 heteroatoms. The third-order valence-corrected chi connectivity index (χ3v) is 4.70. The number of nitrogens with one attached hydrogen (secondary N) is 1. The number of nitrogens with zero attached hydrogens (tertiary/aromatic N) is 2. The molecular weight excluding hydrogens is 390 g/mol. The van der Waals surface area contributed by atoms with Gasteiger partial charge in [0.15, 0.2) is 18.1 Å². The summed E-state index contributed by atoms with van der Waals surface area (Å²) in [4.78, 5) is 12.0. The SMILES string of the molecule is COc1ccc(-c2nnc(NC(=O)COc3ccccc3Cl)s2)cc1OC. The van der Waals surface area contributed by atoms with Gasteiger partial charge in [-0.2, -0.15) is 0 Å². The molecular formula is C18H16ClN3O4S. The van der Waals surface area contributed by atoms with Crippen LogP contribution in [0.5, 0.6) is 17.2 Å². The number of halogens is 1. The van der Waals surface area contributed by atoms with Crippen molar-refractivity contribution < 1.29 is 19.0 Å². The Hall–Kier alpha value is -2.84. The Labute approximate surface area is 164 Å². The lowest BCUT2D eigenvalue weighted by Crippen LogP contribution is -2.20. The largest absolute Gasteiger partial charge is 0.493 e. The monoisotopic (exact) mass is 405 g/mol. The maximum Gasteiger partial charge on any atom is 0.264 e. The van der Waals surface area contributed by atoms with Crippen LogP contribution < -0.4 is 19.5 Å². The van der Waals surface area contributed by atoms with Crippen LogP contribution in [0.25, 0.3) is 10.6 Å². The summed E-state index contributed by atoms with van der Waals surface area (Å²) >= 11 is 7.23. The van der Waals surface area contributed by atoms with E-state index in [4.69, 9.17) is 25.8 Å². The van der Waals surface area contributed by atoms with Crippen LogP contribution in [0, 0.1) is 0 Å². The highest BCUT2D eigenvalue weighted by atomic mass is 35.5. The number of methoxy groups -OCH3 is 2. The molecule has 1 N–H and O–H groups in total. The van der Waals surface area contributed by atoms with E-state index in [1.807, 2.05) is 6.07 Å². The fourth-order valence-corrected chi connectivity index (χ4v) is 3.17. The number of aromatic nitrogens is 2. The third-order valence-electron chi connectivity index (χ3n) is 3.50. The third kappa shape index (κ3) is 4.66. The molecule has 3 aromatic rings. The molecule has 0 aliphatic heterocycles. The van der Waals surface area contributed by atoms with Crippen molar-refractivity contribution in [3.63, 3.8) is 0 Å². The van der Waals surface area contributed by atoms with E-state index in [0.717, 1.165) is 5.56 Å². The normalized spacial score (nSPS) is 10.3. The summed E-state index contributed by atoms with van der Waals surface area (Å²) in [6, 6.07) is 12.4. The fourth-order valence-electron chi connectivity index (χ4n) is 2.22. The highest BCUT2D eigenvalue weighted by Crippen LogP contribution is 2.34. The molecule has 0 atom stereocenters. The minimum Gasteiger partial charge on any atom is -0.493 e. The van der Waals surface area contributed by atoms with Crippen molar-refractivity contribution in [1.29, 1.82) is 0 Å². The molecule has 3 rings (SSSR count). The van der Waals surface area contributed by atoms with Crippen LogP contribution in [0.3, 0.4) is 0 Å². The van der Waals surface area contributed by atoms with Gasteiger partial charge in [0.2, 0.25) is 5.13 Å². The molecule has 7 nitrogen and oxygen atoms in total. The lowest BCUT2D eigenvalue weighted by Gasteiger charge is -2.07. The number of amides is 1. The van der Waals surface area contributed by atoms with Crippen molar-refractivity contribution >= 4 is 34.0 Å². The van der Waals surface area contributed by atoms with Crippen LogP contribution >= 0.6 is 22.9 Å². The van der Waals surface area contributed by atoms with E-state index in [1.54, 1.807) is 50.6 Å². The van der Waals surface area contributed by atoms with Gasteiger partial charge in [0, 0.05) is 5.56 Å². The van der Waals surface area contributed by atoms with E-state index in [0.29, 0.717) is 32.4 Å². The number of benzene rings is 2. The smallest absolute Gasteiger partial charge is 0.264 e. The Kier molecular flexibility index (Phi) is 6.10. The van der Waals surface area contributed by atoms with E-state index in [2.05, 4.69) is 15.5 Å². The number of para-hydroxylation sites is 1. The molecule has 0 aliphatic carbocycles. The van der Waals surface area contributed by atoms with Crippen molar-refractivity contribution in [3.8, 4) is 27.8 Å². The maximum absolute atomic E-state index is 12.0. The molecule has 0 fully saturated rings. The van der Waals surface area contributed by atoms with Crippen LogP contribution in [-0.4, -0.2) is 36.9 Å². The summed E-state index contributed by atoms with van der Waals surface area (Å²) in [5.74, 6) is 1.29. The molecule has 0 saturated heterocycles. The average molecular weight is 406 g/mol. The first kappa shape index (κ1) is 18.9. The number of ether oxygens (including phenoxy) is 3. The summed E-state index contributed by atoms with van der Waals surface area (Å²) in [5, 5.41) is 12.2. The fraction of sp³-hybridized carbons (Fsp3) is 0.167. The molecule has 0 radical (unpaired) electrons. The second kappa shape index (κ2) is 8.70. The zero-order valence-corrected chi connectivity index (χ0v) is 16.1. The summed E-state index contributed by atoms with van der Waals surface area (Å²) < 4.78 is 15.9. The lowest BCUT2D eigenvalue weighted by molar-refractivity contribution is -0.118. The number of carbonyl (C=O) groups is 1. The molecule has 0 unspecified atom stereocenters. The highest BCUT2D eigenvalue weighted by molar-refractivity contribution is 7.18. The van der Waals surface area contributed by atoms with Gasteiger partial charge >= 0.3 is 0 Å². The average Bonchev–Trinajstić information content (AvgIpc) is 3.15. The number of hydrogen-bond donors (Lipinski definition) is 1. The van der Waals surface area contributed by atoms with Crippen molar-refractivity contribution in [2.24, 2.45) is 0 Å². The Bertz CT molecular complexity index is 948. The lowest BCUT2D eigenvalue weighted by atomic mass is 10.2. The van der Waals surface area contributed by atoms with Gasteiger partial charge in [-0.25, -0.2) is 0 Å². The number of carbonyl (C=O) groups excluding carboxylic acids is 1. The van der Waals surface area contributed by atoms with Crippen LogP contribution in [0.4, 0.5) is 5.13 Å². The van der Waals surface area contributed by atoms with E-state index < -0.39 is 0 Å². The first-order chi connectivity index (χ1) is 13.1. The highest BCUT2D eigenvalue weighted by Gasteiger charge is 2.13. The molecule has 2 aromatic carbocycles. The van der Waals surface area contributed by atoms with Crippen LogP contribution in [0.1, 0.15) is 0 Å². The molecule has 1 amide bonds. The number of rotatable bonds is 7. The standard InChI is InChI=1S/C18H16ClN3O4S/c1-24-14-8-7-11(9-15(14)25-2)17-21-22-18(27-17)20-16(23)10-26-13-6-4-3-5-12(13)19/h3-9H,10H2,1-2H3,(H,20,22,23). The van der Waals surface area contributed by atoms with Crippen LogP contribution in [-0.2, 0) is 4.79 Å². The van der Waals surface area contributed by atoms with Gasteiger partial charge < -0.3 is 14.2 Å². The van der Waals surface area contributed by atoms with Gasteiger partial charge in [-0.3, -0.25) is 10.1 Å². The first-order valence-corrected chi connectivity index (χ1v) is 9.03. The summed E-state index contributed by atoms with van der Waals surface area (Å²) in [6.45, 7) is -0.186. The number of hydrogen-bond acceptors (Lipinski definition) is 7. The molecule has 27 heavy (non-hydrogen) atoms. The van der Waals surface area contributed by atoms with Gasteiger partial charge in [0.25, 0.3) is 5.91 Å². The molecule has 0 spiro atoms. The van der Waals surface area contributed by atoms with Gasteiger partial charge in [-0.15, -0.1) is 10.2 Å². The van der Waals surface area contributed by atoms with Gasteiger partial charge in [-0.1, -0.05) is 35.1 Å². The molecule has 0 saturated carbocycles. The second-order valence-electron chi connectivity index (χ2n) is 5.25. The molecule has 0 bridgehead atoms. The van der Waals surface area contributed by atoms with E-state index in [1.165, 1.54) is 11.3 Å². The first-order valence-electron chi connectivity index (χ1n) is 7.84. The topological polar surface area (TPSA) is 82.6 Å². The summed E-state index contributed by atoms with van der Waals surface area (Å²) in [6.07, 6.45) is 0. The Morgan fingerprint density at radius 3 is 2.59 bits per heavy atom. The maximum atomic E-state index is 12.0. The molecule has 1 heterocycles. The second-order valence-corrected chi connectivity index (χ2v) is 6.63. The van der Waals surface area contributed by atoms with Crippen molar-refractivity contribution in [2.45, 2.75) is 0 Å². The van der Waals surface area contributed by atoms with E-state index in [-0.39, 0.29) is 12.5 Å². The molecule has 1 aromatic heterocycles. The van der Waals surface area contributed by atoms with Crippen LogP contribution in [0.15, 0.2) is 42.5 Å². The predicted molar refractivity (Wildman–Crippen MR) is 104 cm³/mol. The Balaban J connectivity index is 1.64. The van der Waals surface area contributed by atoms with Crippen LogP contribution in [0.2, 0.25) is 5.02 Å². The van der Waals surface area contributed by atoms with Crippen molar-refractivity contribution in [2.75, 3.05) is 26.1 Å². The van der Waals surface area contributed by atoms with Crippen molar-refractivity contribution in [3.05, 3.63) is 47.5 Å². The molecule has 140 valence electrons. The van der Waals surface area contributed by atoms with E-state index in [9.17, 15) is 4.79 Å². The van der Waals surface area contributed by atoms with Gasteiger partial charge in [-0.05, 0) is 30.3 Å². The summed E-state index contributed by atoms with van der Waals surface area (Å²) in [5.41, 5.74) is 0.804. The zero-order chi connectivity index (χ0) is 19.2. The minimum atomic E-state index is -0.357. The Morgan fingerprint density at radius 2 is 1.85 bits per heavy atom. The zero-order valence-electron chi connectivity index (χ0n) is 14.6. The molecule has 0 aliphatic rings. The minimum absolute atomic E-state index is 0.186. The summed E-state index contributed by atoms with van der Waals surface area (Å²) in [7, 11) is 3.13. The van der Waals surface area contributed by atoms with Gasteiger partial charge in [0.1, 0.15) is 10.8 Å².